The van der Waals surface area contributed by atoms with Crippen molar-refractivity contribution in [2.75, 3.05) is 13.2 Å². The number of aliphatic hydroxyl groups excluding tert-OH is 4. The van der Waals surface area contributed by atoms with E-state index >= 15 is 0 Å². The van der Waals surface area contributed by atoms with Crippen molar-refractivity contribution in [2.24, 2.45) is 22.7 Å². The van der Waals surface area contributed by atoms with Gasteiger partial charge in [0.25, 0.3) is 0 Å². The molecule has 0 aromatic heterocycles. The Bertz CT molecular complexity index is 880. The van der Waals surface area contributed by atoms with Crippen LogP contribution in [0, 0.1) is 22.7 Å². The first kappa shape index (κ1) is 26.8. The Morgan fingerprint density at radius 1 is 1.14 bits per heavy atom. The zero-order valence-corrected chi connectivity index (χ0v) is 21.6. The molecule has 1 heterocycles. The van der Waals surface area contributed by atoms with Crippen molar-refractivity contribution in [2.45, 2.75) is 104 Å². The van der Waals surface area contributed by atoms with Crippen molar-refractivity contribution in [3.8, 4) is 0 Å². The van der Waals surface area contributed by atoms with Crippen LogP contribution in [0.1, 0.15) is 66.7 Å². The van der Waals surface area contributed by atoms with Crippen molar-refractivity contribution in [1.29, 1.82) is 0 Å². The summed E-state index contributed by atoms with van der Waals surface area (Å²) < 4.78 is 17.2. The summed E-state index contributed by atoms with van der Waals surface area (Å²) in [6.45, 7) is 10.1. The van der Waals surface area contributed by atoms with E-state index in [9.17, 15) is 25.2 Å². The van der Waals surface area contributed by atoms with Gasteiger partial charge in [0.1, 0.15) is 24.9 Å². The maximum absolute atomic E-state index is 11.5. The molecule has 0 unspecified atom stereocenters. The fraction of sp³-hybridized carbons (Fsp3) is 0.815. The third kappa shape index (κ3) is 4.86. The minimum absolute atomic E-state index is 0.0310. The first-order valence-electron chi connectivity index (χ1n) is 12.9. The lowest BCUT2D eigenvalue weighted by molar-refractivity contribution is -0.289. The summed E-state index contributed by atoms with van der Waals surface area (Å²) in [7, 11) is 0. The summed E-state index contributed by atoms with van der Waals surface area (Å²) >= 11 is 0. The van der Waals surface area contributed by atoms with Crippen molar-refractivity contribution in [3.63, 3.8) is 0 Å². The smallest absolute Gasteiger partial charge is 0.302 e. The molecule has 9 atom stereocenters. The highest BCUT2D eigenvalue weighted by Crippen LogP contribution is 2.63. The van der Waals surface area contributed by atoms with Gasteiger partial charge < -0.3 is 34.6 Å². The highest BCUT2D eigenvalue weighted by atomic mass is 16.7. The largest absolute Gasteiger partial charge is 0.461 e. The Morgan fingerprint density at radius 3 is 2.51 bits per heavy atom. The van der Waals surface area contributed by atoms with Crippen LogP contribution in [0.15, 0.2) is 22.8 Å². The number of esters is 1. The van der Waals surface area contributed by atoms with Gasteiger partial charge in [-0.1, -0.05) is 44.9 Å². The number of hydrogen-bond donors (Lipinski definition) is 4. The molecule has 0 bridgehead atoms. The van der Waals surface area contributed by atoms with Gasteiger partial charge in [0.2, 0.25) is 0 Å². The number of ether oxygens (including phenoxy) is 3. The molecule has 2 fully saturated rings. The third-order valence-corrected chi connectivity index (χ3v) is 9.08. The van der Waals surface area contributed by atoms with Crippen LogP contribution in [0.3, 0.4) is 0 Å². The fourth-order valence-electron chi connectivity index (χ4n) is 6.79. The minimum Gasteiger partial charge on any atom is -0.461 e. The Labute approximate surface area is 208 Å². The molecule has 0 aromatic rings. The van der Waals surface area contributed by atoms with E-state index in [1.54, 1.807) is 0 Å². The fourth-order valence-corrected chi connectivity index (χ4v) is 6.79. The van der Waals surface area contributed by atoms with Crippen LogP contribution in [-0.4, -0.2) is 76.4 Å². The van der Waals surface area contributed by atoms with Gasteiger partial charge in [-0.15, -0.1) is 0 Å². The predicted octanol–water partition coefficient (Wildman–Crippen LogP) is 2.23. The summed E-state index contributed by atoms with van der Waals surface area (Å²) in [6, 6.07) is 0. The monoisotopic (exact) mass is 494 g/mol. The number of carbonyl (C=O) groups excluding carboxylic acids is 1. The highest BCUT2D eigenvalue weighted by Gasteiger charge is 2.56. The molecule has 0 spiro atoms. The van der Waals surface area contributed by atoms with E-state index in [0.29, 0.717) is 17.9 Å². The van der Waals surface area contributed by atoms with E-state index in [2.05, 4.69) is 27.7 Å². The molecule has 8 nitrogen and oxygen atoms in total. The summed E-state index contributed by atoms with van der Waals surface area (Å²) in [5, 5.41) is 42.0. The van der Waals surface area contributed by atoms with Crippen molar-refractivity contribution in [3.05, 3.63) is 22.8 Å². The average molecular weight is 495 g/mol. The lowest BCUT2D eigenvalue weighted by Gasteiger charge is -2.53. The van der Waals surface area contributed by atoms with Crippen LogP contribution in [-0.2, 0) is 19.0 Å². The Morgan fingerprint density at radius 2 is 1.86 bits per heavy atom. The quantitative estimate of drug-likeness (QED) is 0.339. The molecule has 1 saturated carbocycles. The van der Waals surface area contributed by atoms with Gasteiger partial charge in [-0.2, -0.15) is 0 Å². The molecule has 4 rings (SSSR count). The van der Waals surface area contributed by atoms with Crippen molar-refractivity contribution < 1.29 is 39.4 Å². The Hall–Kier alpha value is -1.29. The Balaban J connectivity index is 1.75. The number of hydrogen-bond acceptors (Lipinski definition) is 8. The molecule has 3 aliphatic carbocycles. The molecule has 35 heavy (non-hydrogen) atoms. The summed E-state index contributed by atoms with van der Waals surface area (Å²) in [4.78, 5) is 11.5. The van der Waals surface area contributed by atoms with Gasteiger partial charge in [0.05, 0.1) is 18.8 Å². The van der Waals surface area contributed by atoms with Gasteiger partial charge in [-0.3, -0.25) is 4.79 Å². The first-order valence-corrected chi connectivity index (χ1v) is 12.9. The second-order valence-corrected chi connectivity index (χ2v) is 11.8. The zero-order valence-electron chi connectivity index (χ0n) is 21.6. The zero-order chi connectivity index (χ0) is 25.7. The van der Waals surface area contributed by atoms with Crippen LogP contribution >= 0.6 is 0 Å². The van der Waals surface area contributed by atoms with E-state index in [1.807, 2.05) is 6.08 Å². The molecule has 4 aliphatic rings. The molecule has 4 N–H and O–H groups in total. The summed E-state index contributed by atoms with van der Waals surface area (Å²) in [6.07, 6.45) is -0.150. The maximum Gasteiger partial charge on any atom is 0.302 e. The number of allylic oxidation sites excluding steroid dienone is 2. The van der Waals surface area contributed by atoms with Crippen molar-refractivity contribution in [1.82, 2.24) is 0 Å². The van der Waals surface area contributed by atoms with E-state index in [-0.39, 0.29) is 24.5 Å². The van der Waals surface area contributed by atoms with Gasteiger partial charge >= 0.3 is 5.97 Å². The standard InChI is InChI=1S/C27H42O8/c1-14(2)17-6-7-26(4)8-9-27(5)18(22(17)26)11-19(29)16(12-33-15(3)28)10-21(27)35-25-24(32)23(31)20(30)13-34-25/h10,14,18-21,23-25,29-32H,6-9,11-13H2,1-5H3/t18-,19-,20-,21+,23+,24-,25+,26-,27-/m1/s1. The van der Waals surface area contributed by atoms with Crippen molar-refractivity contribution >= 4 is 5.97 Å². The predicted molar refractivity (Wildman–Crippen MR) is 128 cm³/mol. The molecule has 0 aromatic carbocycles. The van der Waals surface area contributed by atoms with E-state index in [4.69, 9.17) is 14.2 Å². The van der Waals surface area contributed by atoms with Crippen LogP contribution in [0.4, 0.5) is 0 Å². The Kier molecular flexibility index (Phi) is 7.55. The van der Waals surface area contributed by atoms with Crippen LogP contribution in [0.25, 0.3) is 0 Å². The second-order valence-electron chi connectivity index (χ2n) is 11.8. The SMILES string of the molecule is CC(=O)OCC1=C[C@H](O[C@@H]2OC[C@@H](O)[C@H](O)[C@H]2O)[C@]2(C)CC[C@@]3(C)CCC(C(C)C)=C3[C@H]2C[C@H]1O. The lowest BCUT2D eigenvalue weighted by Crippen LogP contribution is -2.56. The lowest BCUT2D eigenvalue weighted by atomic mass is 9.54. The molecule has 0 amide bonds. The third-order valence-electron chi connectivity index (χ3n) is 9.08. The summed E-state index contributed by atoms with van der Waals surface area (Å²) in [5.41, 5.74) is 3.12. The number of rotatable bonds is 5. The van der Waals surface area contributed by atoms with Gasteiger partial charge in [-0.05, 0) is 54.9 Å². The number of aliphatic hydroxyl groups is 4. The molecular formula is C27H42O8. The van der Waals surface area contributed by atoms with Gasteiger partial charge in [-0.25, -0.2) is 0 Å². The maximum atomic E-state index is 11.5. The molecule has 8 heteroatoms. The van der Waals surface area contributed by atoms with E-state index < -0.39 is 48.2 Å². The first-order chi connectivity index (χ1) is 16.4. The van der Waals surface area contributed by atoms with Crippen LogP contribution in [0.2, 0.25) is 0 Å². The molecule has 198 valence electrons. The highest BCUT2D eigenvalue weighted by molar-refractivity contribution is 5.66. The molecular weight excluding hydrogens is 452 g/mol. The van der Waals surface area contributed by atoms with E-state index in [1.165, 1.54) is 18.1 Å². The van der Waals surface area contributed by atoms with Gasteiger partial charge in [0, 0.05) is 12.3 Å². The summed E-state index contributed by atoms with van der Waals surface area (Å²) in [5.74, 6) is 0.00536. The topological polar surface area (TPSA) is 126 Å². The molecule has 1 saturated heterocycles. The van der Waals surface area contributed by atoms with Crippen LogP contribution in [0.5, 0.6) is 0 Å². The van der Waals surface area contributed by atoms with Gasteiger partial charge in [0.15, 0.2) is 6.29 Å². The van der Waals surface area contributed by atoms with Crippen LogP contribution < -0.4 is 0 Å². The van der Waals surface area contributed by atoms with E-state index in [0.717, 1.165) is 25.7 Å². The molecule has 1 aliphatic heterocycles. The molecule has 0 radical (unpaired) electrons. The number of carbonyl (C=O) groups is 1. The minimum atomic E-state index is -1.41. The average Bonchev–Trinajstić information content (AvgIpc) is 3.10. The second kappa shape index (κ2) is 9.88. The normalized spacial score (nSPS) is 43.9. The number of fused-ring (bicyclic) bond motifs is 3.